The van der Waals surface area contributed by atoms with E-state index in [2.05, 4.69) is 28.8 Å². The molecule has 0 aromatic rings. The van der Waals surface area contributed by atoms with Crippen molar-refractivity contribution in [3.63, 3.8) is 0 Å². The summed E-state index contributed by atoms with van der Waals surface area (Å²) in [4.78, 5) is 4.51. The molecule has 0 heterocycles. The van der Waals surface area contributed by atoms with Gasteiger partial charge in [0.25, 0.3) is 0 Å². The number of guanidine groups is 1. The lowest BCUT2D eigenvalue weighted by atomic mass is 10.3. The minimum Gasteiger partial charge on any atom is -0.382 e. The molecule has 0 spiro atoms. The molecule has 18 heavy (non-hydrogen) atoms. The molecule has 0 amide bonds. The average molecular weight is 389 g/mol. The van der Waals surface area contributed by atoms with E-state index in [1.54, 1.807) is 0 Å². The summed E-state index contributed by atoms with van der Waals surface area (Å²) < 4.78 is 5.29. The van der Waals surface area contributed by atoms with Crippen LogP contribution >= 0.6 is 35.7 Å². The quantitative estimate of drug-likeness (QED) is 0.261. The van der Waals surface area contributed by atoms with Gasteiger partial charge in [-0.2, -0.15) is 11.8 Å². The first-order chi connectivity index (χ1) is 8.35. The molecule has 110 valence electrons. The number of aliphatic imine (C=N–C) groups is 1. The zero-order valence-electron chi connectivity index (χ0n) is 11.8. The third kappa shape index (κ3) is 14.4. The lowest BCUT2D eigenvalue weighted by molar-refractivity contribution is 0.144. The van der Waals surface area contributed by atoms with Crippen molar-refractivity contribution in [1.82, 2.24) is 10.6 Å². The van der Waals surface area contributed by atoms with Crippen LogP contribution < -0.4 is 10.6 Å². The largest absolute Gasteiger partial charge is 0.382 e. The van der Waals surface area contributed by atoms with Gasteiger partial charge in [0, 0.05) is 38.6 Å². The Bertz CT molecular complexity index is 194. The van der Waals surface area contributed by atoms with Crippen molar-refractivity contribution in [2.45, 2.75) is 26.7 Å². The minimum atomic E-state index is 0. The summed E-state index contributed by atoms with van der Waals surface area (Å²) in [6.07, 6.45) is 4.28. The normalized spacial score (nSPS) is 10.9. The Hall–Kier alpha value is 0.310. The van der Waals surface area contributed by atoms with E-state index in [1.807, 2.05) is 18.7 Å². The Kier molecular flexibility index (Phi) is 19.8. The summed E-state index contributed by atoms with van der Waals surface area (Å²) in [5.74, 6) is 2.03. The molecule has 0 aliphatic heterocycles. The Balaban J connectivity index is 0. The second-order valence-electron chi connectivity index (χ2n) is 3.58. The van der Waals surface area contributed by atoms with Crippen LogP contribution in [-0.2, 0) is 4.74 Å². The minimum absolute atomic E-state index is 0. The van der Waals surface area contributed by atoms with Gasteiger partial charge < -0.3 is 15.4 Å². The SMILES string of the molecule is CCNC(=NCCCCOCC)NCCSC.I. The van der Waals surface area contributed by atoms with Crippen molar-refractivity contribution < 1.29 is 4.74 Å². The lowest BCUT2D eigenvalue weighted by Gasteiger charge is -2.10. The molecule has 0 aromatic heterocycles. The molecular formula is C12H28IN3OS. The van der Waals surface area contributed by atoms with Crippen LogP contribution in [0.15, 0.2) is 4.99 Å². The van der Waals surface area contributed by atoms with Crippen molar-refractivity contribution in [2.24, 2.45) is 4.99 Å². The van der Waals surface area contributed by atoms with Gasteiger partial charge in [0.2, 0.25) is 0 Å². The van der Waals surface area contributed by atoms with Crippen LogP contribution in [0.2, 0.25) is 0 Å². The highest BCUT2D eigenvalue weighted by molar-refractivity contribution is 14.0. The van der Waals surface area contributed by atoms with Gasteiger partial charge in [0.05, 0.1) is 0 Å². The van der Waals surface area contributed by atoms with Gasteiger partial charge >= 0.3 is 0 Å². The summed E-state index contributed by atoms with van der Waals surface area (Å²) >= 11 is 1.84. The van der Waals surface area contributed by atoms with Crippen LogP contribution in [0, 0.1) is 0 Å². The molecule has 6 heteroatoms. The Morgan fingerprint density at radius 3 is 2.61 bits per heavy atom. The number of rotatable bonds is 10. The number of ether oxygens (including phenoxy) is 1. The molecule has 0 saturated heterocycles. The lowest BCUT2D eigenvalue weighted by Crippen LogP contribution is -2.38. The van der Waals surface area contributed by atoms with Gasteiger partial charge in [-0.25, -0.2) is 0 Å². The van der Waals surface area contributed by atoms with E-state index in [9.17, 15) is 0 Å². The molecule has 4 nitrogen and oxygen atoms in total. The van der Waals surface area contributed by atoms with Crippen molar-refractivity contribution in [1.29, 1.82) is 0 Å². The van der Waals surface area contributed by atoms with E-state index >= 15 is 0 Å². The van der Waals surface area contributed by atoms with Gasteiger partial charge in [-0.1, -0.05) is 0 Å². The fraction of sp³-hybridized carbons (Fsp3) is 0.917. The van der Waals surface area contributed by atoms with E-state index in [-0.39, 0.29) is 24.0 Å². The zero-order valence-corrected chi connectivity index (χ0v) is 15.0. The van der Waals surface area contributed by atoms with Gasteiger partial charge in [-0.3, -0.25) is 4.99 Å². The highest BCUT2D eigenvalue weighted by atomic mass is 127. The molecule has 0 unspecified atom stereocenters. The molecule has 0 aliphatic carbocycles. The molecule has 0 rings (SSSR count). The fourth-order valence-electron chi connectivity index (χ4n) is 1.26. The van der Waals surface area contributed by atoms with E-state index in [0.29, 0.717) is 0 Å². The molecule has 0 bridgehead atoms. The van der Waals surface area contributed by atoms with Crippen LogP contribution in [0.25, 0.3) is 0 Å². The maximum absolute atomic E-state index is 5.29. The van der Waals surface area contributed by atoms with E-state index in [0.717, 1.165) is 57.4 Å². The van der Waals surface area contributed by atoms with Crippen LogP contribution in [0.1, 0.15) is 26.7 Å². The van der Waals surface area contributed by atoms with Gasteiger partial charge in [0.15, 0.2) is 5.96 Å². The topological polar surface area (TPSA) is 45.7 Å². The zero-order chi connectivity index (χ0) is 12.8. The van der Waals surface area contributed by atoms with E-state index in [1.165, 1.54) is 0 Å². The third-order valence-electron chi connectivity index (χ3n) is 2.11. The summed E-state index contributed by atoms with van der Waals surface area (Å²) in [6.45, 7) is 8.50. The number of halogens is 1. The molecule has 0 saturated carbocycles. The molecular weight excluding hydrogens is 361 g/mol. The molecule has 0 atom stereocenters. The van der Waals surface area contributed by atoms with Crippen LogP contribution in [0.5, 0.6) is 0 Å². The monoisotopic (exact) mass is 389 g/mol. The molecule has 0 fully saturated rings. The Morgan fingerprint density at radius 1 is 1.22 bits per heavy atom. The predicted octanol–water partition coefficient (Wildman–Crippen LogP) is 2.34. The van der Waals surface area contributed by atoms with Gasteiger partial charge in [-0.05, 0) is 32.9 Å². The van der Waals surface area contributed by atoms with Gasteiger partial charge in [-0.15, -0.1) is 24.0 Å². The first-order valence-corrected chi connectivity index (χ1v) is 7.83. The third-order valence-corrected chi connectivity index (χ3v) is 2.73. The van der Waals surface area contributed by atoms with E-state index < -0.39 is 0 Å². The highest BCUT2D eigenvalue weighted by Crippen LogP contribution is 1.91. The van der Waals surface area contributed by atoms with Crippen LogP contribution in [0.3, 0.4) is 0 Å². The molecule has 0 aliphatic rings. The number of nitrogens with one attached hydrogen (secondary N) is 2. The molecule has 2 N–H and O–H groups in total. The van der Waals surface area contributed by atoms with Gasteiger partial charge in [0.1, 0.15) is 0 Å². The smallest absolute Gasteiger partial charge is 0.191 e. The summed E-state index contributed by atoms with van der Waals surface area (Å²) in [6, 6.07) is 0. The number of hydrogen-bond donors (Lipinski definition) is 2. The Labute approximate surface area is 133 Å². The van der Waals surface area contributed by atoms with Crippen molar-refractivity contribution in [2.75, 3.05) is 44.9 Å². The fourth-order valence-corrected chi connectivity index (χ4v) is 1.57. The maximum atomic E-state index is 5.29. The maximum Gasteiger partial charge on any atom is 0.191 e. The summed E-state index contributed by atoms with van der Waals surface area (Å²) in [5, 5.41) is 6.55. The molecule has 0 aromatic carbocycles. The number of unbranched alkanes of at least 4 members (excludes halogenated alkanes) is 1. The second kappa shape index (κ2) is 17.3. The molecule has 0 radical (unpaired) electrons. The summed E-state index contributed by atoms with van der Waals surface area (Å²) in [7, 11) is 0. The van der Waals surface area contributed by atoms with Crippen molar-refractivity contribution >= 4 is 41.7 Å². The summed E-state index contributed by atoms with van der Waals surface area (Å²) in [5.41, 5.74) is 0. The van der Waals surface area contributed by atoms with Crippen molar-refractivity contribution in [3.8, 4) is 0 Å². The average Bonchev–Trinajstić information content (AvgIpc) is 2.34. The first kappa shape index (κ1) is 20.6. The van der Waals surface area contributed by atoms with Crippen molar-refractivity contribution in [3.05, 3.63) is 0 Å². The second-order valence-corrected chi connectivity index (χ2v) is 4.57. The number of nitrogens with zero attached hydrogens (tertiary/aromatic N) is 1. The standard InChI is InChI=1S/C12H27N3OS.HI/c1-4-13-12(15-9-11-17-3)14-8-6-7-10-16-5-2;/h4-11H2,1-3H3,(H2,13,14,15);1H. The Morgan fingerprint density at radius 2 is 2.00 bits per heavy atom. The first-order valence-electron chi connectivity index (χ1n) is 6.44. The number of hydrogen-bond acceptors (Lipinski definition) is 3. The van der Waals surface area contributed by atoms with E-state index in [4.69, 9.17) is 4.74 Å². The predicted molar refractivity (Wildman–Crippen MR) is 93.5 cm³/mol. The highest BCUT2D eigenvalue weighted by Gasteiger charge is 1.95. The van der Waals surface area contributed by atoms with Crippen LogP contribution in [-0.4, -0.2) is 50.8 Å². The number of thioether (sulfide) groups is 1. The van der Waals surface area contributed by atoms with Crippen LogP contribution in [0.4, 0.5) is 0 Å².